The summed E-state index contributed by atoms with van der Waals surface area (Å²) in [6, 6.07) is 7.82. The molecule has 0 radical (unpaired) electrons. The van der Waals surface area contributed by atoms with Gasteiger partial charge in [0.05, 0.1) is 0 Å². The molecule has 0 aliphatic rings. The summed E-state index contributed by atoms with van der Waals surface area (Å²) in [7, 11) is 0. The van der Waals surface area contributed by atoms with Crippen LogP contribution in [-0.4, -0.2) is 23.8 Å². The molecule has 130 valence electrons. The van der Waals surface area contributed by atoms with E-state index in [-0.39, 0.29) is 11.6 Å². The standard InChI is InChI=1S/C18H31N3O2/c1-6-18(7-2,13-20-16(22)23-17(3,4)5)21-12-14-10-8-9-11-15(14)19/h8-11,21H,6-7,12-13,19H2,1-5H3,(H,20,22). The maximum Gasteiger partial charge on any atom is 0.407 e. The van der Waals surface area contributed by atoms with Crippen LogP contribution in [0.4, 0.5) is 10.5 Å². The van der Waals surface area contributed by atoms with E-state index in [0.29, 0.717) is 13.1 Å². The van der Waals surface area contributed by atoms with Crippen LogP contribution in [0.5, 0.6) is 0 Å². The van der Waals surface area contributed by atoms with Gasteiger partial charge in [-0.1, -0.05) is 32.0 Å². The molecule has 0 saturated carbocycles. The summed E-state index contributed by atoms with van der Waals surface area (Å²) in [4.78, 5) is 11.9. The highest BCUT2D eigenvalue weighted by molar-refractivity contribution is 5.67. The number of nitrogens with one attached hydrogen (secondary N) is 2. The van der Waals surface area contributed by atoms with E-state index in [1.807, 2.05) is 45.0 Å². The monoisotopic (exact) mass is 321 g/mol. The molecule has 0 aliphatic heterocycles. The molecule has 5 nitrogen and oxygen atoms in total. The first-order valence-corrected chi connectivity index (χ1v) is 8.26. The van der Waals surface area contributed by atoms with Crippen LogP contribution < -0.4 is 16.4 Å². The molecule has 0 spiro atoms. The molecule has 0 atom stereocenters. The summed E-state index contributed by atoms with van der Waals surface area (Å²) < 4.78 is 5.31. The maximum absolute atomic E-state index is 11.9. The van der Waals surface area contributed by atoms with Crippen molar-refractivity contribution in [3.8, 4) is 0 Å². The second-order valence-corrected chi connectivity index (χ2v) is 6.90. The molecule has 4 N–H and O–H groups in total. The molecule has 0 aromatic heterocycles. The summed E-state index contributed by atoms with van der Waals surface area (Å²) in [5, 5.41) is 6.44. The minimum absolute atomic E-state index is 0.181. The van der Waals surface area contributed by atoms with Gasteiger partial charge < -0.3 is 21.1 Å². The van der Waals surface area contributed by atoms with Gasteiger partial charge in [-0.05, 0) is 45.2 Å². The molecule has 0 fully saturated rings. The van der Waals surface area contributed by atoms with Crippen molar-refractivity contribution in [3.05, 3.63) is 29.8 Å². The van der Waals surface area contributed by atoms with Gasteiger partial charge in [-0.25, -0.2) is 4.79 Å². The molecular weight excluding hydrogens is 290 g/mol. The number of hydrogen-bond donors (Lipinski definition) is 3. The number of ether oxygens (including phenoxy) is 1. The van der Waals surface area contributed by atoms with Crippen LogP contribution in [0.2, 0.25) is 0 Å². The lowest BCUT2D eigenvalue weighted by molar-refractivity contribution is 0.0507. The van der Waals surface area contributed by atoms with Crippen LogP contribution in [0.1, 0.15) is 53.0 Å². The molecule has 0 bridgehead atoms. The molecule has 0 saturated heterocycles. The van der Waals surface area contributed by atoms with Crippen LogP contribution in [0.15, 0.2) is 24.3 Å². The minimum atomic E-state index is -0.489. The fourth-order valence-corrected chi connectivity index (χ4v) is 2.35. The summed E-state index contributed by atoms with van der Waals surface area (Å²) in [5.41, 5.74) is 7.17. The van der Waals surface area contributed by atoms with Crippen LogP contribution in [0, 0.1) is 0 Å². The molecule has 0 heterocycles. The second-order valence-electron chi connectivity index (χ2n) is 6.90. The number of carbonyl (C=O) groups is 1. The number of amides is 1. The van der Waals surface area contributed by atoms with Crippen molar-refractivity contribution in [1.82, 2.24) is 10.6 Å². The van der Waals surface area contributed by atoms with Crippen molar-refractivity contribution in [2.45, 2.75) is 65.1 Å². The Kier molecular flexibility index (Phi) is 6.88. The number of anilines is 1. The maximum atomic E-state index is 11.9. The topological polar surface area (TPSA) is 76.4 Å². The van der Waals surface area contributed by atoms with Gasteiger partial charge in [0.2, 0.25) is 0 Å². The van der Waals surface area contributed by atoms with Gasteiger partial charge >= 0.3 is 6.09 Å². The molecule has 1 aromatic rings. The second kappa shape index (κ2) is 8.20. The predicted molar refractivity (Wildman–Crippen MR) is 95.2 cm³/mol. The molecule has 5 heteroatoms. The molecule has 1 amide bonds. The SMILES string of the molecule is CCC(CC)(CNC(=O)OC(C)(C)C)NCc1ccccc1N. The van der Waals surface area contributed by atoms with Gasteiger partial charge in [-0.15, -0.1) is 0 Å². The quantitative estimate of drug-likeness (QED) is 0.672. The van der Waals surface area contributed by atoms with E-state index in [1.165, 1.54) is 0 Å². The number of rotatable bonds is 7. The van der Waals surface area contributed by atoms with Crippen molar-refractivity contribution < 1.29 is 9.53 Å². The number of alkyl carbamates (subject to hydrolysis) is 1. The van der Waals surface area contributed by atoms with Gasteiger partial charge in [0.15, 0.2) is 0 Å². The molecule has 0 aliphatic carbocycles. The third-order valence-corrected chi connectivity index (χ3v) is 4.03. The normalized spacial score (nSPS) is 12.0. The highest BCUT2D eigenvalue weighted by Crippen LogP contribution is 2.18. The Morgan fingerprint density at radius 3 is 2.30 bits per heavy atom. The largest absolute Gasteiger partial charge is 0.444 e. The smallest absolute Gasteiger partial charge is 0.407 e. The Hall–Kier alpha value is -1.75. The number of nitrogen functional groups attached to an aromatic ring is 1. The summed E-state index contributed by atoms with van der Waals surface area (Å²) >= 11 is 0. The van der Waals surface area contributed by atoms with Gasteiger partial charge in [0.1, 0.15) is 5.60 Å². The van der Waals surface area contributed by atoms with Crippen LogP contribution in [-0.2, 0) is 11.3 Å². The van der Waals surface area contributed by atoms with E-state index in [0.717, 1.165) is 24.1 Å². The lowest BCUT2D eigenvalue weighted by Gasteiger charge is -2.34. The van der Waals surface area contributed by atoms with Crippen LogP contribution >= 0.6 is 0 Å². The fourth-order valence-electron chi connectivity index (χ4n) is 2.35. The third-order valence-electron chi connectivity index (χ3n) is 4.03. The van der Waals surface area contributed by atoms with Crippen LogP contribution in [0.3, 0.4) is 0 Å². The highest BCUT2D eigenvalue weighted by atomic mass is 16.6. The molecule has 1 rings (SSSR count). The molecular formula is C18H31N3O2. The summed E-state index contributed by atoms with van der Waals surface area (Å²) in [6.45, 7) is 11.0. The lowest BCUT2D eigenvalue weighted by atomic mass is 9.92. The van der Waals surface area contributed by atoms with E-state index < -0.39 is 5.60 Å². The van der Waals surface area contributed by atoms with E-state index in [9.17, 15) is 4.79 Å². The molecule has 1 aromatic carbocycles. The highest BCUT2D eigenvalue weighted by Gasteiger charge is 2.27. The number of hydrogen-bond acceptors (Lipinski definition) is 4. The average Bonchev–Trinajstić information content (AvgIpc) is 2.48. The Morgan fingerprint density at radius 1 is 1.17 bits per heavy atom. The summed E-state index contributed by atoms with van der Waals surface area (Å²) in [5.74, 6) is 0. The predicted octanol–water partition coefficient (Wildman–Crippen LogP) is 3.44. The first-order chi connectivity index (χ1) is 10.7. The van der Waals surface area contributed by atoms with Crippen molar-refractivity contribution >= 4 is 11.8 Å². The van der Waals surface area contributed by atoms with Crippen molar-refractivity contribution in [2.75, 3.05) is 12.3 Å². The number of para-hydroxylation sites is 1. The number of nitrogens with two attached hydrogens (primary N) is 1. The average molecular weight is 321 g/mol. The van der Waals surface area contributed by atoms with E-state index in [1.54, 1.807) is 0 Å². The first kappa shape index (κ1) is 19.3. The van der Waals surface area contributed by atoms with E-state index in [4.69, 9.17) is 10.5 Å². The van der Waals surface area contributed by atoms with Gasteiger partial charge in [-0.3, -0.25) is 0 Å². The molecule has 0 unspecified atom stereocenters. The van der Waals surface area contributed by atoms with Gasteiger partial charge in [-0.2, -0.15) is 0 Å². The Morgan fingerprint density at radius 2 is 1.78 bits per heavy atom. The van der Waals surface area contributed by atoms with E-state index >= 15 is 0 Å². The zero-order valence-corrected chi connectivity index (χ0v) is 15.0. The lowest BCUT2D eigenvalue weighted by Crippen LogP contribution is -2.53. The Labute approximate surface area is 140 Å². The van der Waals surface area contributed by atoms with E-state index in [2.05, 4.69) is 24.5 Å². The Bertz CT molecular complexity index is 505. The fraction of sp³-hybridized carbons (Fsp3) is 0.611. The van der Waals surface area contributed by atoms with Crippen LogP contribution in [0.25, 0.3) is 0 Å². The zero-order chi connectivity index (χ0) is 17.5. The minimum Gasteiger partial charge on any atom is -0.444 e. The van der Waals surface area contributed by atoms with Gasteiger partial charge in [0, 0.05) is 24.3 Å². The van der Waals surface area contributed by atoms with Crippen molar-refractivity contribution in [3.63, 3.8) is 0 Å². The van der Waals surface area contributed by atoms with Crippen molar-refractivity contribution in [2.24, 2.45) is 0 Å². The first-order valence-electron chi connectivity index (χ1n) is 8.26. The van der Waals surface area contributed by atoms with Gasteiger partial charge in [0.25, 0.3) is 0 Å². The van der Waals surface area contributed by atoms with Crippen molar-refractivity contribution in [1.29, 1.82) is 0 Å². The molecule has 23 heavy (non-hydrogen) atoms. The zero-order valence-electron chi connectivity index (χ0n) is 15.0. The number of benzene rings is 1. The Balaban J connectivity index is 2.64. The number of carbonyl (C=O) groups excluding carboxylic acids is 1. The third kappa shape index (κ3) is 6.48. The summed E-state index contributed by atoms with van der Waals surface area (Å²) in [6.07, 6.45) is 1.41.